The van der Waals surface area contributed by atoms with Gasteiger partial charge in [-0.25, -0.2) is 4.98 Å². The molecule has 0 radical (unpaired) electrons. The summed E-state index contributed by atoms with van der Waals surface area (Å²) in [6.07, 6.45) is 0.931. The second-order valence-corrected chi connectivity index (χ2v) is 4.77. The van der Waals surface area contributed by atoms with E-state index in [2.05, 4.69) is 9.88 Å². The number of nitrogens with zero attached hydrogens (tertiary/aromatic N) is 3. The number of aryl methyl sites for hydroxylation is 1. The van der Waals surface area contributed by atoms with E-state index in [1.165, 1.54) is 12.8 Å². The Morgan fingerprint density at radius 1 is 1.17 bits per heavy atom. The molecule has 0 atom stereocenters. The van der Waals surface area contributed by atoms with Crippen molar-refractivity contribution in [3.05, 3.63) is 18.2 Å². The van der Waals surface area contributed by atoms with Gasteiger partial charge in [-0.1, -0.05) is 0 Å². The van der Waals surface area contributed by atoms with Gasteiger partial charge in [0, 0.05) is 25.7 Å². The molecule has 1 saturated heterocycles. The third kappa shape index (κ3) is 4.33. The molecule has 1 aliphatic heterocycles. The van der Waals surface area contributed by atoms with Gasteiger partial charge in [0.2, 0.25) is 0 Å². The molecule has 0 aromatic carbocycles. The zero-order valence-electron chi connectivity index (χ0n) is 10.3. The van der Waals surface area contributed by atoms with Gasteiger partial charge in [-0.15, -0.1) is 0 Å². The van der Waals surface area contributed by atoms with Gasteiger partial charge in [0.15, 0.2) is 0 Å². The molecule has 6 heteroatoms. The molecule has 2 heterocycles. The fraction of sp³-hybridized carbons (Fsp3) is 0.750. The third-order valence-electron chi connectivity index (χ3n) is 3.22. The van der Waals surface area contributed by atoms with Crippen molar-refractivity contribution >= 4 is 0 Å². The minimum absolute atomic E-state index is 0.0276. The maximum atomic E-state index is 12.1. The molecule has 1 aromatic heterocycles. The van der Waals surface area contributed by atoms with Gasteiger partial charge < -0.3 is 9.47 Å². The highest BCUT2D eigenvalue weighted by Gasteiger charge is 2.26. The van der Waals surface area contributed by atoms with Gasteiger partial charge in [0.25, 0.3) is 0 Å². The Labute approximate surface area is 105 Å². The Hall–Kier alpha value is -1.04. The SMILES string of the molecule is FC(F)(F)CCc1cn(CCN2CCCC2)cn1. The molecule has 3 nitrogen and oxygen atoms in total. The highest BCUT2D eigenvalue weighted by atomic mass is 19.4. The smallest absolute Gasteiger partial charge is 0.336 e. The molecule has 0 aliphatic carbocycles. The maximum Gasteiger partial charge on any atom is 0.389 e. The van der Waals surface area contributed by atoms with Crippen molar-refractivity contribution < 1.29 is 13.2 Å². The number of halogens is 3. The average Bonchev–Trinajstić information content (AvgIpc) is 2.94. The normalized spacial score (nSPS) is 17.5. The average molecular weight is 261 g/mol. The molecule has 0 bridgehead atoms. The molecule has 0 N–H and O–H groups in total. The van der Waals surface area contributed by atoms with Crippen LogP contribution in [0.5, 0.6) is 0 Å². The fourth-order valence-corrected chi connectivity index (χ4v) is 2.19. The number of rotatable bonds is 5. The number of hydrogen-bond donors (Lipinski definition) is 0. The Morgan fingerprint density at radius 3 is 2.56 bits per heavy atom. The number of imidazole rings is 1. The van der Waals surface area contributed by atoms with Gasteiger partial charge in [-0.2, -0.15) is 13.2 Å². The zero-order chi connectivity index (χ0) is 13.0. The zero-order valence-corrected chi connectivity index (χ0v) is 10.3. The number of likely N-dealkylation sites (tertiary alicyclic amines) is 1. The maximum absolute atomic E-state index is 12.1. The summed E-state index contributed by atoms with van der Waals surface area (Å²) < 4.78 is 38.1. The van der Waals surface area contributed by atoms with Crippen molar-refractivity contribution in [3.8, 4) is 0 Å². The summed E-state index contributed by atoms with van der Waals surface area (Å²) in [4.78, 5) is 6.38. The Bertz CT molecular complexity index is 367. The van der Waals surface area contributed by atoms with Gasteiger partial charge in [0.05, 0.1) is 12.0 Å². The van der Waals surface area contributed by atoms with Crippen LogP contribution in [0.3, 0.4) is 0 Å². The van der Waals surface area contributed by atoms with Crippen molar-refractivity contribution in [1.29, 1.82) is 0 Å². The van der Waals surface area contributed by atoms with Crippen LogP contribution in [-0.4, -0.2) is 40.3 Å². The van der Waals surface area contributed by atoms with Crippen molar-refractivity contribution in [2.24, 2.45) is 0 Å². The van der Waals surface area contributed by atoms with Crippen LogP contribution in [0, 0.1) is 0 Å². The highest BCUT2D eigenvalue weighted by molar-refractivity contribution is 4.97. The lowest BCUT2D eigenvalue weighted by molar-refractivity contribution is -0.134. The summed E-state index contributed by atoms with van der Waals surface area (Å²) in [7, 11) is 0. The monoisotopic (exact) mass is 261 g/mol. The van der Waals surface area contributed by atoms with Crippen molar-refractivity contribution in [1.82, 2.24) is 14.5 Å². The number of aromatic nitrogens is 2. The molecule has 1 aliphatic rings. The topological polar surface area (TPSA) is 21.1 Å². The van der Waals surface area contributed by atoms with Crippen LogP contribution in [0.4, 0.5) is 13.2 Å². The van der Waals surface area contributed by atoms with E-state index in [1.807, 2.05) is 4.57 Å². The molecule has 1 aromatic rings. The van der Waals surface area contributed by atoms with Crippen LogP contribution in [0.25, 0.3) is 0 Å². The van der Waals surface area contributed by atoms with Crippen molar-refractivity contribution in [3.63, 3.8) is 0 Å². The quantitative estimate of drug-likeness (QED) is 0.812. The molecule has 0 saturated carbocycles. The largest absolute Gasteiger partial charge is 0.389 e. The summed E-state index contributed by atoms with van der Waals surface area (Å²) >= 11 is 0. The fourth-order valence-electron chi connectivity index (χ4n) is 2.19. The van der Waals surface area contributed by atoms with Crippen LogP contribution >= 0.6 is 0 Å². The number of alkyl halides is 3. The van der Waals surface area contributed by atoms with E-state index in [0.717, 1.165) is 26.2 Å². The van der Waals surface area contributed by atoms with Crippen LogP contribution in [-0.2, 0) is 13.0 Å². The lowest BCUT2D eigenvalue weighted by Crippen LogP contribution is -2.23. The Kier molecular flexibility index (Phi) is 4.27. The van der Waals surface area contributed by atoms with Crippen LogP contribution in [0.1, 0.15) is 25.0 Å². The Balaban J connectivity index is 1.75. The van der Waals surface area contributed by atoms with Crippen LogP contribution < -0.4 is 0 Å². The minimum atomic E-state index is -4.10. The van der Waals surface area contributed by atoms with Crippen LogP contribution in [0.15, 0.2) is 12.5 Å². The summed E-state index contributed by atoms with van der Waals surface area (Å²) in [6, 6.07) is 0. The summed E-state index contributed by atoms with van der Waals surface area (Å²) in [5, 5.41) is 0. The van der Waals surface area contributed by atoms with E-state index < -0.39 is 12.6 Å². The van der Waals surface area contributed by atoms with E-state index in [0.29, 0.717) is 5.69 Å². The van der Waals surface area contributed by atoms with E-state index in [4.69, 9.17) is 0 Å². The molecule has 102 valence electrons. The number of hydrogen-bond acceptors (Lipinski definition) is 2. The van der Waals surface area contributed by atoms with Gasteiger partial charge >= 0.3 is 6.18 Å². The van der Waals surface area contributed by atoms with E-state index >= 15 is 0 Å². The predicted molar refractivity (Wildman–Crippen MR) is 62.3 cm³/mol. The first-order chi connectivity index (χ1) is 8.53. The first-order valence-corrected chi connectivity index (χ1v) is 6.33. The van der Waals surface area contributed by atoms with Crippen molar-refractivity contribution in [2.75, 3.05) is 19.6 Å². The van der Waals surface area contributed by atoms with Gasteiger partial charge in [-0.3, -0.25) is 0 Å². The Morgan fingerprint density at radius 2 is 1.89 bits per heavy atom. The summed E-state index contributed by atoms with van der Waals surface area (Å²) in [5.41, 5.74) is 0.522. The molecule has 18 heavy (non-hydrogen) atoms. The molecular formula is C12H18F3N3. The lowest BCUT2D eigenvalue weighted by atomic mass is 10.2. The molecule has 1 fully saturated rings. The molecule has 0 spiro atoms. The lowest BCUT2D eigenvalue weighted by Gasteiger charge is -2.14. The van der Waals surface area contributed by atoms with Gasteiger partial charge in [0.1, 0.15) is 0 Å². The third-order valence-corrected chi connectivity index (χ3v) is 3.22. The molecule has 0 amide bonds. The van der Waals surface area contributed by atoms with Gasteiger partial charge in [-0.05, 0) is 32.4 Å². The second-order valence-electron chi connectivity index (χ2n) is 4.77. The molecule has 2 rings (SSSR count). The van der Waals surface area contributed by atoms with Crippen molar-refractivity contribution in [2.45, 2.75) is 38.4 Å². The van der Waals surface area contributed by atoms with E-state index in [9.17, 15) is 13.2 Å². The van der Waals surface area contributed by atoms with E-state index in [-0.39, 0.29) is 6.42 Å². The standard InChI is InChI=1S/C12H18F3N3/c13-12(14,15)4-3-11-9-18(10-16-11)8-7-17-5-1-2-6-17/h9-10H,1-8H2. The minimum Gasteiger partial charge on any atom is -0.336 e. The summed E-state index contributed by atoms with van der Waals surface area (Å²) in [5.74, 6) is 0. The first-order valence-electron chi connectivity index (χ1n) is 6.33. The van der Waals surface area contributed by atoms with E-state index in [1.54, 1.807) is 12.5 Å². The molecular weight excluding hydrogens is 243 g/mol. The van der Waals surface area contributed by atoms with Crippen LogP contribution in [0.2, 0.25) is 0 Å². The highest BCUT2D eigenvalue weighted by Crippen LogP contribution is 2.21. The first kappa shape index (κ1) is 13.4. The molecule has 0 unspecified atom stereocenters. The summed E-state index contributed by atoms with van der Waals surface area (Å²) in [6.45, 7) is 4.03. The predicted octanol–water partition coefficient (Wildman–Crippen LogP) is 2.47. The second kappa shape index (κ2) is 5.73.